The minimum atomic E-state index is -0.450. The summed E-state index contributed by atoms with van der Waals surface area (Å²) in [7, 11) is 0. The summed E-state index contributed by atoms with van der Waals surface area (Å²) in [5, 5.41) is 8.73. The number of carbonyl (C=O) groups is 1. The van der Waals surface area contributed by atoms with Gasteiger partial charge >= 0.3 is 0 Å². The Morgan fingerprint density at radius 1 is 1.07 bits per heavy atom. The van der Waals surface area contributed by atoms with E-state index < -0.39 is 5.82 Å². The Morgan fingerprint density at radius 2 is 1.86 bits per heavy atom. The number of H-pyrrole nitrogens is 1. The molecule has 220 valence electrons. The number of piperidine rings is 1. The van der Waals surface area contributed by atoms with Crippen LogP contribution in [-0.2, 0) is 0 Å². The van der Waals surface area contributed by atoms with Gasteiger partial charge in [-0.2, -0.15) is 5.10 Å². The summed E-state index contributed by atoms with van der Waals surface area (Å²) >= 11 is 0. The van der Waals surface area contributed by atoms with E-state index in [0.29, 0.717) is 47.3 Å². The number of para-hydroxylation sites is 1. The van der Waals surface area contributed by atoms with Crippen LogP contribution in [0.2, 0.25) is 0 Å². The van der Waals surface area contributed by atoms with E-state index in [1.54, 1.807) is 48.5 Å². The van der Waals surface area contributed by atoms with Crippen molar-refractivity contribution in [2.45, 2.75) is 25.4 Å². The molecular formula is C32H32FN7O3. The number of ketones is 1. The number of aromatic amines is 1. The average Bonchev–Trinajstić information content (AvgIpc) is 3.57. The zero-order chi connectivity index (χ0) is 29.7. The number of benzene rings is 3. The number of halogens is 1. The Bertz CT molecular complexity index is 1830. The Labute approximate surface area is 247 Å². The van der Waals surface area contributed by atoms with Crippen LogP contribution in [0.5, 0.6) is 17.2 Å². The van der Waals surface area contributed by atoms with Gasteiger partial charge in [0.05, 0.1) is 28.8 Å². The van der Waals surface area contributed by atoms with Gasteiger partial charge in [0.25, 0.3) is 0 Å². The highest BCUT2D eigenvalue weighted by molar-refractivity contribution is 6.12. The molecule has 8 rings (SSSR count). The van der Waals surface area contributed by atoms with Crippen LogP contribution in [0.1, 0.15) is 28.0 Å². The molecule has 0 amide bonds. The van der Waals surface area contributed by atoms with E-state index >= 15 is 0 Å². The molecule has 0 radical (unpaired) electrons. The maximum atomic E-state index is 14.0. The lowest BCUT2D eigenvalue weighted by Gasteiger charge is -2.48. The smallest absolute Gasteiger partial charge is 0.214 e. The van der Waals surface area contributed by atoms with Crippen molar-refractivity contribution in [3.05, 3.63) is 89.5 Å². The number of aryl methyl sites for hydroxylation is 1. The maximum Gasteiger partial charge on any atom is 0.214 e. The molecule has 2 bridgehead atoms. The standard InChI is InChI=1S/C32H32FN7O3/c1-18-10-22(43-29-5-3-2-4-24(29)33)6-7-28(18)40-32(35)23(15-36-40)31(41)27-11-19-12-30(25(34)14-26(19)38-27)42-9-8-39-16-20-13-21(17-39)37-20/h2-7,10-12,14-15,20-21,37-38H,8-9,13,16-17,34-35H2,1H3. The first-order chi connectivity index (χ1) is 20.8. The first-order valence-electron chi connectivity index (χ1n) is 14.3. The van der Waals surface area contributed by atoms with Crippen LogP contribution >= 0.6 is 0 Å². The number of rotatable bonds is 9. The lowest BCUT2D eigenvalue weighted by Crippen LogP contribution is -2.67. The molecule has 43 heavy (non-hydrogen) atoms. The number of aromatic nitrogens is 3. The third kappa shape index (κ3) is 5.17. The van der Waals surface area contributed by atoms with Crippen molar-refractivity contribution in [1.82, 2.24) is 25.0 Å². The minimum Gasteiger partial charge on any atom is -0.490 e. The Hall–Kier alpha value is -4.87. The molecule has 3 aliphatic heterocycles. The second kappa shape index (κ2) is 10.8. The lowest BCUT2D eigenvalue weighted by molar-refractivity contribution is 0.0675. The fourth-order valence-corrected chi connectivity index (χ4v) is 5.95. The number of nitrogen functional groups attached to an aromatic ring is 2. The summed E-state index contributed by atoms with van der Waals surface area (Å²) in [5.74, 6) is 0.643. The highest BCUT2D eigenvalue weighted by atomic mass is 19.1. The third-order valence-corrected chi connectivity index (χ3v) is 8.17. The number of nitrogens with two attached hydrogens (primary N) is 2. The molecule has 5 heterocycles. The summed E-state index contributed by atoms with van der Waals surface area (Å²) in [6.07, 6.45) is 2.72. The van der Waals surface area contributed by atoms with Crippen molar-refractivity contribution in [2.75, 3.05) is 37.7 Å². The number of nitrogens with one attached hydrogen (secondary N) is 2. The van der Waals surface area contributed by atoms with E-state index in [4.69, 9.17) is 20.9 Å². The summed E-state index contributed by atoms with van der Waals surface area (Å²) in [6, 6.07) is 18.0. The van der Waals surface area contributed by atoms with Crippen molar-refractivity contribution in [1.29, 1.82) is 0 Å². The van der Waals surface area contributed by atoms with Crippen LogP contribution in [0.25, 0.3) is 16.6 Å². The zero-order valence-electron chi connectivity index (χ0n) is 23.6. The van der Waals surface area contributed by atoms with Crippen LogP contribution < -0.4 is 26.3 Å². The highest BCUT2D eigenvalue weighted by Crippen LogP contribution is 2.32. The number of nitrogens with zero attached hydrogens (tertiary/aromatic N) is 3. The van der Waals surface area contributed by atoms with Gasteiger partial charge in [0, 0.05) is 42.6 Å². The van der Waals surface area contributed by atoms with Gasteiger partial charge in [0.2, 0.25) is 5.78 Å². The van der Waals surface area contributed by atoms with Crippen LogP contribution in [-0.4, -0.2) is 63.8 Å². The summed E-state index contributed by atoms with van der Waals surface area (Å²) in [5.41, 5.74) is 16.0. The molecule has 3 fully saturated rings. The van der Waals surface area contributed by atoms with E-state index in [-0.39, 0.29) is 22.9 Å². The molecule has 0 spiro atoms. The quantitative estimate of drug-likeness (QED) is 0.148. The number of hydrogen-bond donors (Lipinski definition) is 4. The van der Waals surface area contributed by atoms with Crippen molar-refractivity contribution in [3.63, 3.8) is 0 Å². The average molecular weight is 582 g/mol. The molecule has 3 aliphatic rings. The van der Waals surface area contributed by atoms with Crippen molar-refractivity contribution in [3.8, 4) is 22.9 Å². The predicted molar refractivity (Wildman–Crippen MR) is 163 cm³/mol. The fraction of sp³-hybridized carbons (Fsp3) is 0.250. The van der Waals surface area contributed by atoms with E-state index in [2.05, 4.69) is 20.3 Å². The number of ether oxygens (including phenoxy) is 2. The summed E-state index contributed by atoms with van der Waals surface area (Å²) < 4.78 is 27.3. The van der Waals surface area contributed by atoms with Crippen LogP contribution in [0, 0.1) is 12.7 Å². The van der Waals surface area contributed by atoms with E-state index in [1.807, 2.05) is 13.0 Å². The first kappa shape index (κ1) is 27.0. The molecular weight excluding hydrogens is 549 g/mol. The Kier molecular flexibility index (Phi) is 6.75. The first-order valence-corrected chi connectivity index (χ1v) is 14.3. The molecule has 2 unspecified atom stereocenters. The van der Waals surface area contributed by atoms with Crippen LogP contribution in [0.3, 0.4) is 0 Å². The molecule has 0 saturated carbocycles. The van der Waals surface area contributed by atoms with Gasteiger partial charge in [0.1, 0.15) is 23.9 Å². The SMILES string of the molecule is Cc1cc(Oc2ccccc2F)ccc1-n1ncc(C(=O)c2cc3cc(OCCN4CC5CC(C4)N5)c(N)cc3[nH]2)c1N. The topological polar surface area (TPSA) is 136 Å². The molecule has 3 aromatic carbocycles. The number of piperazine rings is 1. The van der Waals surface area contributed by atoms with Gasteiger partial charge in [-0.15, -0.1) is 0 Å². The van der Waals surface area contributed by atoms with Crippen molar-refractivity contribution >= 4 is 28.2 Å². The number of anilines is 2. The minimum absolute atomic E-state index is 0.131. The largest absolute Gasteiger partial charge is 0.490 e. The van der Waals surface area contributed by atoms with Gasteiger partial charge in [-0.3, -0.25) is 9.69 Å². The molecule has 3 saturated heterocycles. The van der Waals surface area contributed by atoms with Crippen molar-refractivity contribution < 1.29 is 18.7 Å². The second-order valence-corrected chi connectivity index (χ2v) is 11.2. The summed E-state index contributed by atoms with van der Waals surface area (Å²) in [6.45, 7) is 5.34. The van der Waals surface area contributed by atoms with Crippen molar-refractivity contribution in [2.24, 2.45) is 0 Å². The second-order valence-electron chi connectivity index (χ2n) is 11.2. The fourth-order valence-electron chi connectivity index (χ4n) is 5.95. The summed E-state index contributed by atoms with van der Waals surface area (Å²) in [4.78, 5) is 19.1. The predicted octanol–water partition coefficient (Wildman–Crippen LogP) is 4.41. The Balaban J connectivity index is 1.06. The van der Waals surface area contributed by atoms with Gasteiger partial charge in [0.15, 0.2) is 11.6 Å². The van der Waals surface area contributed by atoms with Gasteiger partial charge in [-0.1, -0.05) is 12.1 Å². The highest BCUT2D eigenvalue weighted by Gasteiger charge is 2.36. The Morgan fingerprint density at radius 3 is 2.63 bits per heavy atom. The van der Waals surface area contributed by atoms with E-state index in [0.717, 1.165) is 36.1 Å². The number of fused-ring (bicyclic) bond motifs is 3. The molecule has 10 nitrogen and oxygen atoms in total. The monoisotopic (exact) mass is 581 g/mol. The molecule has 11 heteroatoms. The van der Waals surface area contributed by atoms with E-state index in [9.17, 15) is 9.18 Å². The molecule has 0 aliphatic carbocycles. The van der Waals surface area contributed by atoms with Crippen LogP contribution in [0.4, 0.5) is 15.9 Å². The lowest BCUT2D eigenvalue weighted by atomic mass is 9.91. The molecule has 5 aromatic rings. The normalized spacial score (nSPS) is 18.0. The zero-order valence-corrected chi connectivity index (χ0v) is 23.6. The number of hydrogen-bond acceptors (Lipinski definition) is 8. The van der Waals surface area contributed by atoms with E-state index in [1.165, 1.54) is 23.4 Å². The molecule has 2 aromatic heterocycles. The molecule has 6 N–H and O–H groups in total. The molecule has 2 atom stereocenters. The van der Waals surface area contributed by atoms with Gasteiger partial charge < -0.3 is 31.2 Å². The third-order valence-electron chi connectivity index (χ3n) is 8.17. The van der Waals surface area contributed by atoms with Gasteiger partial charge in [-0.05, 0) is 67.4 Å². The maximum absolute atomic E-state index is 14.0. The van der Waals surface area contributed by atoms with Gasteiger partial charge in [-0.25, -0.2) is 9.07 Å². The number of carbonyl (C=O) groups excluding carboxylic acids is 1. The van der Waals surface area contributed by atoms with Crippen LogP contribution in [0.15, 0.2) is 66.9 Å².